The van der Waals surface area contributed by atoms with E-state index in [0.29, 0.717) is 45.6 Å². The Morgan fingerprint density at radius 1 is 1.10 bits per heavy atom. The molecule has 29 heavy (non-hydrogen) atoms. The van der Waals surface area contributed by atoms with E-state index in [1.54, 1.807) is 11.9 Å². The Kier molecular flexibility index (Phi) is 6.63. The van der Waals surface area contributed by atoms with Crippen LogP contribution in [0.2, 0.25) is 0 Å². The minimum Gasteiger partial charge on any atom is -0.340 e. The summed E-state index contributed by atoms with van der Waals surface area (Å²) in [5.41, 5.74) is 2.14. The third-order valence-electron chi connectivity index (χ3n) is 6.06. The average Bonchev–Trinajstić information content (AvgIpc) is 2.68. The van der Waals surface area contributed by atoms with Crippen molar-refractivity contribution in [2.24, 2.45) is 5.92 Å². The smallest absolute Gasteiger partial charge is 0.228 e. The number of amides is 2. The third kappa shape index (κ3) is 5.36. The lowest BCUT2D eigenvalue weighted by molar-refractivity contribution is -0.147. The molecule has 2 fully saturated rings. The Morgan fingerprint density at radius 3 is 2.31 bits per heavy atom. The largest absolute Gasteiger partial charge is 0.340 e. The summed E-state index contributed by atoms with van der Waals surface area (Å²) in [4.78, 5) is 31.4. The van der Waals surface area contributed by atoms with Crippen molar-refractivity contribution in [1.29, 1.82) is 0 Å². The van der Waals surface area contributed by atoms with Crippen LogP contribution < -0.4 is 0 Å². The molecule has 0 bridgehead atoms. The van der Waals surface area contributed by atoms with Gasteiger partial charge in [0.05, 0.1) is 17.7 Å². The molecule has 2 amide bonds. The highest BCUT2D eigenvalue weighted by molar-refractivity contribution is 7.90. The van der Waals surface area contributed by atoms with Crippen LogP contribution in [0, 0.1) is 12.8 Å². The normalized spacial score (nSPS) is 24.0. The number of carbonyl (C=O) groups is 2. The summed E-state index contributed by atoms with van der Waals surface area (Å²) in [6.45, 7) is 5.07. The zero-order valence-corrected chi connectivity index (χ0v) is 18.3. The molecule has 7 nitrogen and oxygen atoms in total. The number of piperazine rings is 1. The molecule has 0 saturated carbocycles. The van der Waals surface area contributed by atoms with Gasteiger partial charge < -0.3 is 9.80 Å². The molecule has 2 atom stereocenters. The van der Waals surface area contributed by atoms with Crippen molar-refractivity contribution in [3.05, 3.63) is 35.4 Å². The average molecular weight is 422 g/mol. The van der Waals surface area contributed by atoms with E-state index in [1.165, 1.54) is 6.26 Å². The first-order valence-corrected chi connectivity index (χ1v) is 12.2. The number of sulfone groups is 1. The summed E-state index contributed by atoms with van der Waals surface area (Å²) in [6.07, 6.45) is 2.21. The molecule has 0 N–H and O–H groups in total. The van der Waals surface area contributed by atoms with Crippen molar-refractivity contribution in [2.75, 3.05) is 51.8 Å². The van der Waals surface area contributed by atoms with Gasteiger partial charge in [-0.1, -0.05) is 29.8 Å². The number of likely N-dealkylation sites (tertiary alicyclic amines) is 1. The van der Waals surface area contributed by atoms with Gasteiger partial charge in [-0.2, -0.15) is 0 Å². The van der Waals surface area contributed by atoms with Crippen LogP contribution in [0.5, 0.6) is 0 Å². The minimum atomic E-state index is -2.98. The highest BCUT2D eigenvalue weighted by Crippen LogP contribution is 2.37. The quantitative estimate of drug-likeness (QED) is 0.711. The lowest BCUT2D eigenvalue weighted by Gasteiger charge is -2.42. The number of nitrogens with zero attached hydrogens (tertiary/aromatic N) is 3. The fourth-order valence-electron chi connectivity index (χ4n) is 4.24. The number of rotatable bonds is 5. The second-order valence-corrected chi connectivity index (χ2v) is 10.6. The summed E-state index contributed by atoms with van der Waals surface area (Å²) >= 11 is 0. The lowest BCUT2D eigenvalue weighted by atomic mass is 9.83. The Bertz CT molecular complexity index is 845. The first-order valence-electron chi connectivity index (χ1n) is 10.2. The van der Waals surface area contributed by atoms with Crippen LogP contribution in [0.15, 0.2) is 24.3 Å². The summed E-state index contributed by atoms with van der Waals surface area (Å²) in [7, 11) is -1.20. The van der Waals surface area contributed by atoms with Crippen LogP contribution >= 0.6 is 0 Å². The molecule has 2 heterocycles. The van der Waals surface area contributed by atoms with Crippen LogP contribution in [0.4, 0.5) is 0 Å². The van der Waals surface area contributed by atoms with Gasteiger partial charge in [-0.3, -0.25) is 14.5 Å². The standard InChI is InChI=1S/C21H31N3O4S/c1-16-4-6-17(7-5-16)20-18(8-9-19(25)22(20)2)21(26)24-12-10-23(11-13-24)14-15-29(3,27)28/h4-7,18,20H,8-15H2,1-3H3. The van der Waals surface area contributed by atoms with Crippen molar-refractivity contribution >= 4 is 21.7 Å². The van der Waals surface area contributed by atoms with Crippen LogP contribution in [-0.2, 0) is 19.4 Å². The van der Waals surface area contributed by atoms with Crippen LogP contribution in [0.25, 0.3) is 0 Å². The van der Waals surface area contributed by atoms with Gasteiger partial charge in [0.15, 0.2) is 0 Å². The second-order valence-electron chi connectivity index (χ2n) is 8.30. The number of aryl methyl sites for hydroxylation is 1. The summed E-state index contributed by atoms with van der Waals surface area (Å²) in [5, 5.41) is 0. The molecule has 1 aromatic carbocycles. The Labute approximate surface area is 173 Å². The van der Waals surface area contributed by atoms with Gasteiger partial charge in [-0.15, -0.1) is 0 Å². The number of hydrogen-bond acceptors (Lipinski definition) is 5. The molecule has 8 heteroatoms. The fraction of sp³-hybridized carbons (Fsp3) is 0.619. The van der Waals surface area contributed by atoms with Crippen LogP contribution in [-0.4, -0.2) is 86.7 Å². The molecule has 2 unspecified atom stereocenters. The molecular weight excluding hydrogens is 390 g/mol. The molecule has 160 valence electrons. The molecule has 1 aromatic rings. The maximum absolute atomic E-state index is 13.4. The van der Waals surface area contributed by atoms with Crippen molar-refractivity contribution < 1.29 is 18.0 Å². The van der Waals surface area contributed by atoms with Crippen molar-refractivity contribution in [3.63, 3.8) is 0 Å². The minimum absolute atomic E-state index is 0.0743. The summed E-state index contributed by atoms with van der Waals surface area (Å²) in [5.74, 6) is 0.0669. The van der Waals surface area contributed by atoms with Gasteiger partial charge >= 0.3 is 0 Å². The van der Waals surface area contributed by atoms with Gasteiger partial charge in [0.2, 0.25) is 11.8 Å². The van der Waals surface area contributed by atoms with E-state index in [-0.39, 0.29) is 29.5 Å². The van der Waals surface area contributed by atoms with Gasteiger partial charge in [0.1, 0.15) is 9.84 Å². The van der Waals surface area contributed by atoms with E-state index in [1.807, 2.05) is 36.1 Å². The van der Waals surface area contributed by atoms with E-state index >= 15 is 0 Å². The topological polar surface area (TPSA) is 78.0 Å². The third-order valence-corrected chi connectivity index (χ3v) is 6.98. The maximum Gasteiger partial charge on any atom is 0.228 e. The molecule has 0 aromatic heterocycles. The highest BCUT2D eigenvalue weighted by atomic mass is 32.2. The van der Waals surface area contributed by atoms with Crippen molar-refractivity contribution in [1.82, 2.24) is 14.7 Å². The fourth-order valence-corrected chi connectivity index (χ4v) is 4.83. The number of carbonyl (C=O) groups excluding carboxylic acids is 2. The van der Waals surface area contributed by atoms with Gasteiger partial charge in [-0.25, -0.2) is 8.42 Å². The SMILES string of the molecule is Cc1ccc(C2C(C(=O)N3CCN(CCS(C)(=O)=O)CC3)CCC(=O)N2C)cc1. The monoisotopic (exact) mass is 421 g/mol. The molecule has 0 aliphatic carbocycles. The van der Waals surface area contributed by atoms with Crippen LogP contribution in [0.3, 0.4) is 0 Å². The molecular formula is C21H31N3O4S. The zero-order chi connectivity index (χ0) is 21.2. The number of benzene rings is 1. The van der Waals surface area contributed by atoms with Gasteiger partial charge in [-0.05, 0) is 18.9 Å². The Balaban J connectivity index is 1.68. The van der Waals surface area contributed by atoms with E-state index < -0.39 is 9.84 Å². The zero-order valence-electron chi connectivity index (χ0n) is 17.5. The van der Waals surface area contributed by atoms with E-state index in [9.17, 15) is 18.0 Å². The molecule has 0 spiro atoms. The molecule has 2 saturated heterocycles. The van der Waals surface area contributed by atoms with Gasteiger partial charge in [0, 0.05) is 52.4 Å². The lowest BCUT2D eigenvalue weighted by Crippen LogP contribution is -2.53. The van der Waals surface area contributed by atoms with Gasteiger partial charge in [0.25, 0.3) is 0 Å². The Morgan fingerprint density at radius 2 is 1.72 bits per heavy atom. The second kappa shape index (κ2) is 8.83. The van der Waals surface area contributed by atoms with Crippen LogP contribution in [0.1, 0.15) is 30.0 Å². The van der Waals surface area contributed by atoms with Crippen molar-refractivity contribution in [2.45, 2.75) is 25.8 Å². The van der Waals surface area contributed by atoms with E-state index in [2.05, 4.69) is 4.90 Å². The molecule has 2 aliphatic heterocycles. The number of hydrogen-bond donors (Lipinski definition) is 0. The molecule has 3 rings (SSSR count). The first kappa shape index (κ1) is 21.8. The molecule has 0 radical (unpaired) electrons. The van der Waals surface area contributed by atoms with Crippen molar-refractivity contribution in [3.8, 4) is 0 Å². The van der Waals surface area contributed by atoms with E-state index in [0.717, 1.165) is 11.1 Å². The predicted octanol–water partition coefficient (Wildman–Crippen LogP) is 1.09. The highest BCUT2D eigenvalue weighted by Gasteiger charge is 2.41. The van der Waals surface area contributed by atoms with E-state index in [4.69, 9.17) is 0 Å². The first-order chi connectivity index (χ1) is 13.7. The number of piperidine rings is 1. The summed E-state index contributed by atoms with van der Waals surface area (Å²) < 4.78 is 22.8. The Hall–Kier alpha value is -1.93. The predicted molar refractivity (Wildman–Crippen MR) is 112 cm³/mol. The summed E-state index contributed by atoms with van der Waals surface area (Å²) in [6, 6.07) is 7.82. The molecule has 2 aliphatic rings. The maximum atomic E-state index is 13.4.